The quantitative estimate of drug-likeness (QED) is 0.875. The highest BCUT2D eigenvalue weighted by Crippen LogP contribution is 2.27. The summed E-state index contributed by atoms with van der Waals surface area (Å²) in [6.45, 7) is 2.02. The zero-order chi connectivity index (χ0) is 12.3. The highest BCUT2D eigenvalue weighted by Gasteiger charge is 2.15. The molecule has 3 nitrogen and oxygen atoms in total. The monoisotopic (exact) mass is 249 g/mol. The van der Waals surface area contributed by atoms with Crippen LogP contribution in [0.2, 0.25) is 5.02 Å². The summed E-state index contributed by atoms with van der Waals surface area (Å²) < 4.78 is 0. The second kappa shape index (κ2) is 5.34. The molecule has 1 aromatic heterocycles. The first kappa shape index (κ1) is 12.1. The Morgan fingerprint density at radius 3 is 2.94 bits per heavy atom. The molecule has 0 spiro atoms. The van der Waals surface area contributed by atoms with Gasteiger partial charge in [-0.3, -0.25) is 0 Å². The highest BCUT2D eigenvalue weighted by atomic mass is 35.5. The van der Waals surface area contributed by atoms with Gasteiger partial charge in [0.1, 0.15) is 5.82 Å². The number of nitrogens with zero attached hydrogens (tertiary/aromatic N) is 1. The Kier molecular flexibility index (Phi) is 3.82. The largest absolute Gasteiger partial charge is 0.349 e. The van der Waals surface area contributed by atoms with Crippen molar-refractivity contribution < 1.29 is 0 Å². The number of nitrogens with one attached hydrogen (secondary N) is 2. The lowest BCUT2D eigenvalue weighted by Gasteiger charge is -2.17. The Morgan fingerprint density at radius 2 is 2.29 bits per heavy atom. The van der Waals surface area contributed by atoms with Gasteiger partial charge in [-0.2, -0.15) is 0 Å². The number of imidazole rings is 1. The number of aromatic nitrogens is 2. The Bertz CT molecular complexity index is 479. The van der Waals surface area contributed by atoms with Crippen molar-refractivity contribution in [3.63, 3.8) is 0 Å². The lowest BCUT2D eigenvalue weighted by Crippen LogP contribution is -2.20. The number of aryl methyl sites for hydroxylation is 1. The molecule has 2 N–H and O–H groups in total. The summed E-state index contributed by atoms with van der Waals surface area (Å²) in [6, 6.07) is 6.28. The smallest absolute Gasteiger partial charge is 0.107 e. The predicted octanol–water partition coefficient (Wildman–Crippen LogP) is 2.87. The lowest BCUT2D eigenvalue weighted by atomic mass is 10.0. The third kappa shape index (κ3) is 2.68. The van der Waals surface area contributed by atoms with Crippen molar-refractivity contribution in [2.24, 2.45) is 0 Å². The molecule has 0 aliphatic heterocycles. The maximum atomic E-state index is 6.34. The van der Waals surface area contributed by atoms with Crippen LogP contribution >= 0.6 is 11.6 Å². The van der Waals surface area contributed by atoms with Gasteiger partial charge in [0.2, 0.25) is 0 Å². The fourth-order valence-electron chi connectivity index (χ4n) is 1.91. The van der Waals surface area contributed by atoms with Crippen LogP contribution in [0.5, 0.6) is 0 Å². The molecule has 0 aliphatic rings. The number of hydrogen-bond acceptors (Lipinski definition) is 2. The van der Waals surface area contributed by atoms with E-state index >= 15 is 0 Å². The summed E-state index contributed by atoms with van der Waals surface area (Å²) in [7, 11) is 1.94. The molecule has 90 valence electrons. The zero-order valence-corrected chi connectivity index (χ0v) is 10.8. The molecule has 1 heterocycles. The first-order valence-electron chi connectivity index (χ1n) is 5.63. The molecule has 0 saturated heterocycles. The van der Waals surface area contributed by atoms with Crippen LogP contribution in [0.3, 0.4) is 0 Å². The lowest BCUT2D eigenvalue weighted by molar-refractivity contribution is 0.578. The van der Waals surface area contributed by atoms with E-state index < -0.39 is 0 Å². The van der Waals surface area contributed by atoms with Crippen LogP contribution in [0.4, 0.5) is 0 Å². The van der Waals surface area contributed by atoms with Gasteiger partial charge in [0, 0.05) is 29.9 Å². The van der Waals surface area contributed by atoms with E-state index in [1.165, 1.54) is 0 Å². The maximum absolute atomic E-state index is 6.34. The molecule has 0 radical (unpaired) electrons. The minimum Gasteiger partial charge on any atom is -0.349 e. The van der Waals surface area contributed by atoms with Crippen molar-refractivity contribution in [1.82, 2.24) is 15.3 Å². The average Bonchev–Trinajstić information content (AvgIpc) is 2.83. The molecule has 1 unspecified atom stereocenters. The molecule has 0 bridgehead atoms. The third-order valence-electron chi connectivity index (χ3n) is 2.90. The van der Waals surface area contributed by atoms with Crippen molar-refractivity contribution in [2.45, 2.75) is 19.4 Å². The topological polar surface area (TPSA) is 40.7 Å². The van der Waals surface area contributed by atoms with Gasteiger partial charge >= 0.3 is 0 Å². The maximum Gasteiger partial charge on any atom is 0.107 e. The van der Waals surface area contributed by atoms with E-state index in [2.05, 4.69) is 21.4 Å². The molecule has 0 aliphatic carbocycles. The molecule has 4 heteroatoms. The molecule has 0 fully saturated rings. The van der Waals surface area contributed by atoms with E-state index in [1.54, 1.807) is 6.20 Å². The van der Waals surface area contributed by atoms with E-state index in [0.29, 0.717) is 0 Å². The Balaban J connectivity index is 2.26. The van der Waals surface area contributed by atoms with Crippen LogP contribution in [0, 0.1) is 6.92 Å². The fraction of sp³-hybridized carbons (Fsp3) is 0.308. The van der Waals surface area contributed by atoms with E-state index in [4.69, 9.17) is 11.6 Å². The predicted molar refractivity (Wildman–Crippen MR) is 70.3 cm³/mol. The summed E-state index contributed by atoms with van der Waals surface area (Å²) in [5, 5.41) is 4.11. The number of likely N-dealkylation sites (N-methyl/N-ethyl adjacent to an activating group) is 1. The van der Waals surface area contributed by atoms with Crippen LogP contribution in [0.15, 0.2) is 30.6 Å². The van der Waals surface area contributed by atoms with Gasteiger partial charge in [-0.05, 0) is 25.1 Å². The van der Waals surface area contributed by atoms with Crippen LogP contribution < -0.4 is 5.32 Å². The summed E-state index contributed by atoms with van der Waals surface area (Å²) in [5.74, 6) is 0.960. The summed E-state index contributed by atoms with van der Waals surface area (Å²) in [6.07, 6.45) is 4.40. The summed E-state index contributed by atoms with van der Waals surface area (Å²) in [5.41, 5.74) is 2.22. The Hall–Kier alpha value is -1.32. The second-order valence-corrected chi connectivity index (χ2v) is 4.44. The summed E-state index contributed by atoms with van der Waals surface area (Å²) >= 11 is 6.34. The normalized spacial score (nSPS) is 12.6. The van der Waals surface area contributed by atoms with Crippen molar-refractivity contribution in [3.05, 3.63) is 52.6 Å². The minimum absolute atomic E-state index is 0.175. The van der Waals surface area contributed by atoms with Crippen LogP contribution in [0.25, 0.3) is 0 Å². The Morgan fingerprint density at radius 1 is 1.47 bits per heavy atom. The van der Waals surface area contributed by atoms with Gasteiger partial charge in [-0.25, -0.2) is 4.98 Å². The first-order valence-corrected chi connectivity index (χ1v) is 6.00. The molecule has 17 heavy (non-hydrogen) atoms. The number of benzene rings is 1. The van der Waals surface area contributed by atoms with Crippen LogP contribution in [-0.4, -0.2) is 17.0 Å². The zero-order valence-electron chi connectivity index (χ0n) is 10.00. The number of hydrogen-bond donors (Lipinski definition) is 2. The standard InChI is InChI=1S/C13H16ClN3/c1-9-4-3-5-10(13(9)14)11(15-2)8-12-16-6-7-17-12/h3-7,11,15H,8H2,1-2H3,(H,16,17). The van der Waals surface area contributed by atoms with Gasteiger partial charge in [0.15, 0.2) is 0 Å². The van der Waals surface area contributed by atoms with Crippen LogP contribution in [0.1, 0.15) is 23.0 Å². The average molecular weight is 250 g/mol. The van der Waals surface area contributed by atoms with Gasteiger partial charge < -0.3 is 10.3 Å². The van der Waals surface area contributed by atoms with Crippen molar-refractivity contribution >= 4 is 11.6 Å². The number of H-pyrrole nitrogens is 1. The van der Waals surface area contributed by atoms with E-state index in [-0.39, 0.29) is 6.04 Å². The Labute approximate surface area is 106 Å². The molecular formula is C13H16ClN3. The number of halogens is 1. The van der Waals surface area contributed by atoms with Gasteiger partial charge in [0.05, 0.1) is 0 Å². The molecule has 2 rings (SSSR count). The van der Waals surface area contributed by atoms with Crippen molar-refractivity contribution in [1.29, 1.82) is 0 Å². The van der Waals surface area contributed by atoms with Gasteiger partial charge in [0.25, 0.3) is 0 Å². The van der Waals surface area contributed by atoms with E-state index in [9.17, 15) is 0 Å². The highest BCUT2D eigenvalue weighted by molar-refractivity contribution is 6.32. The fourth-order valence-corrected chi connectivity index (χ4v) is 2.17. The van der Waals surface area contributed by atoms with Gasteiger partial charge in [-0.1, -0.05) is 29.8 Å². The van der Waals surface area contributed by atoms with Gasteiger partial charge in [-0.15, -0.1) is 0 Å². The van der Waals surface area contributed by atoms with E-state index in [1.807, 2.05) is 32.3 Å². The SMILES string of the molecule is CNC(Cc1ncc[nH]1)c1cccc(C)c1Cl. The van der Waals surface area contributed by atoms with E-state index in [0.717, 1.165) is 28.4 Å². The molecule has 1 atom stereocenters. The van der Waals surface area contributed by atoms with Crippen molar-refractivity contribution in [3.8, 4) is 0 Å². The second-order valence-electron chi connectivity index (χ2n) is 4.06. The molecule has 2 aromatic rings. The molecule has 1 aromatic carbocycles. The number of rotatable bonds is 4. The molecule has 0 saturated carbocycles. The summed E-state index contributed by atoms with van der Waals surface area (Å²) in [4.78, 5) is 7.35. The molecular weight excluding hydrogens is 234 g/mol. The third-order valence-corrected chi connectivity index (χ3v) is 3.41. The molecule has 0 amide bonds. The first-order chi connectivity index (χ1) is 8.22. The number of aromatic amines is 1. The minimum atomic E-state index is 0.175. The van der Waals surface area contributed by atoms with Crippen LogP contribution in [-0.2, 0) is 6.42 Å². The van der Waals surface area contributed by atoms with Crippen molar-refractivity contribution in [2.75, 3.05) is 7.05 Å².